The molecule has 2 aliphatic rings. The molecule has 1 atom stereocenters. The summed E-state index contributed by atoms with van der Waals surface area (Å²) in [7, 11) is 1.62. The Morgan fingerprint density at radius 2 is 1.74 bits per heavy atom. The fourth-order valence-electron chi connectivity index (χ4n) is 4.57. The fraction of sp³-hybridized carbons (Fsp3) is 0.481. The van der Waals surface area contributed by atoms with E-state index in [1.807, 2.05) is 49.4 Å². The summed E-state index contributed by atoms with van der Waals surface area (Å²) in [5.74, 6) is 2.05. The monoisotopic (exact) mass is 466 g/mol. The molecule has 1 saturated carbocycles. The highest BCUT2D eigenvalue weighted by Gasteiger charge is 2.28. The summed E-state index contributed by atoms with van der Waals surface area (Å²) < 4.78 is 16.1. The summed E-state index contributed by atoms with van der Waals surface area (Å²) in [6, 6.07) is 13.0. The molecule has 0 unspecified atom stereocenters. The lowest BCUT2D eigenvalue weighted by Crippen LogP contribution is -2.50. The highest BCUT2D eigenvalue weighted by Crippen LogP contribution is 2.33. The molecule has 7 nitrogen and oxygen atoms in total. The minimum Gasteiger partial charge on any atom is -0.497 e. The van der Waals surface area contributed by atoms with Crippen molar-refractivity contribution in [3.8, 4) is 17.2 Å². The van der Waals surface area contributed by atoms with Crippen molar-refractivity contribution < 1.29 is 23.8 Å². The van der Waals surface area contributed by atoms with Crippen LogP contribution in [0.15, 0.2) is 42.5 Å². The molecule has 2 amide bonds. The van der Waals surface area contributed by atoms with Crippen LogP contribution >= 0.6 is 0 Å². The van der Waals surface area contributed by atoms with Crippen LogP contribution in [0.5, 0.6) is 17.2 Å². The average molecular weight is 467 g/mol. The van der Waals surface area contributed by atoms with E-state index in [9.17, 15) is 9.59 Å². The van der Waals surface area contributed by atoms with Gasteiger partial charge in [0.25, 0.3) is 0 Å². The number of hydrogen-bond acceptors (Lipinski definition) is 5. The van der Waals surface area contributed by atoms with Gasteiger partial charge in [-0.1, -0.05) is 37.5 Å². The molecule has 2 aromatic carbocycles. The number of amides is 2. The Hall–Kier alpha value is -3.22. The molecule has 0 bridgehead atoms. The van der Waals surface area contributed by atoms with Gasteiger partial charge in [-0.25, -0.2) is 0 Å². The number of rotatable bonds is 9. The summed E-state index contributed by atoms with van der Waals surface area (Å²) in [4.78, 5) is 28.2. The molecular weight excluding hydrogens is 432 g/mol. The predicted molar refractivity (Wildman–Crippen MR) is 129 cm³/mol. The Labute approximate surface area is 201 Å². The van der Waals surface area contributed by atoms with E-state index in [4.69, 9.17) is 14.2 Å². The zero-order valence-electron chi connectivity index (χ0n) is 20.0. The lowest BCUT2D eigenvalue weighted by Gasteiger charge is -2.31. The number of methoxy groups -OCH3 is 1. The third-order valence-electron chi connectivity index (χ3n) is 6.70. The maximum atomic E-state index is 13.4. The Balaban J connectivity index is 1.44. The molecule has 0 spiro atoms. The van der Waals surface area contributed by atoms with Crippen molar-refractivity contribution in [1.29, 1.82) is 0 Å². The molecule has 1 heterocycles. The summed E-state index contributed by atoms with van der Waals surface area (Å²) in [5.41, 5.74) is 1.95. The number of aryl methyl sites for hydroxylation is 1. The van der Waals surface area contributed by atoms with E-state index in [-0.39, 0.29) is 24.6 Å². The minimum atomic E-state index is -0.562. The predicted octanol–water partition coefficient (Wildman–Crippen LogP) is 4.22. The van der Waals surface area contributed by atoms with Gasteiger partial charge < -0.3 is 24.4 Å². The molecule has 1 aliphatic carbocycles. The Morgan fingerprint density at radius 3 is 2.47 bits per heavy atom. The van der Waals surface area contributed by atoms with Crippen molar-refractivity contribution in [3.63, 3.8) is 0 Å². The van der Waals surface area contributed by atoms with Crippen LogP contribution in [0, 0.1) is 0 Å². The number of nitrogens with zero attached hydrogens (tertiary/aromatic N) is 1. The number of nitrogens with one attached hydrogen (secondary N) is 1. The number of carbonyl (C=O) groups excluding carboxylic acids is 2. The van der Waals surface area contributed by atoms with Crippen molar-refractivity contribution in [1.82, 2.24) is 10.2 Å². The molecule has 2 aromatic rings. The fourth-order valence-corrected chi connectivity index (χ4v) is 4.57. The van der Waals surface area contributed by atoms with E-state index < -0.39 is 6.04 Å². The third kappa shape index (κ3) is 6.01. The molecule has 7 heteroatoms. The van der Waals surface area contributed by atoms with Gasteiger partial charge in [-0.05, 0) is 61.6 Å². The van der Waals surface area contributed by atoms with Gasteiger partial charge >= 0.3 is 0 Å². The normalized spacial score (nSPS) is 16.1. The summed E-state index contributed by atoms with van der Waals surface area (Å²) >= 11 is 0. The van der Waals surface area contributed by atoms with E-state index in [0.29, 0.717) is 25.1 Å². The molecule has 1 N–H and O–H groups in total. The third-order valence-corrected chi connectivity index (χ3v) is 6.70. The second-order valence-electron chi connectivity index (χ2n) is 9.08. The van der Waals surface area contributed by atoms with Crippen LogP contribution in [0.3, 0.4) is 0 Å². The topological polar surface area (TPSA) is 77.1 Å². The van der Waals surface area contributed by atoms with Crippen molar-refractivity contribution in [2.45, 2.75) is 70.5 Å². The standard InChI is InChI=1S/C27H34N2O5/c1-19(27(31)28-22-6-4-3-5-7-22)29(17-21-8-12-23(32-2)13-9-21)26(30)15-11-20-10-14-24-25(16-20)34-18-33-24/h8-10,12-14,16,19,22H,3-7,11,15,17-18H2,1-2H3,(H,28,31)/t19-/m0/s1. The second-order valence-corrected chi connectivity index (χ2v) is 9.08. The molecule has 0 aromatic heterocycles. The van der Waals surface area contributed by atoms with Crippen LogP contribution in [-0.2, 0) is 22.6 Å². The van der Waals surface area contributed by atoms with Gasteiger partial charge in [0, 0.05) is 19.0 Å². The summed E-state index contributed by atoms with van der Waals surface area (Å²) in [5, 5.41) is 3.18. The minimum absolute atomic E-state index is 0.0558. The van der Waals surface area contributed by atoms with Crippen molar-refractivity contribution in [3.05, 3.63) is 53.6 Å². The first kappa shape index (κ1) is 23.9. The van der Waals surface area contributed by atoms with Crippen molar-refractivity contribution >= 4 is 11.8 Å². The molecule has 0 saturated heterocycles. The maximum Gasteiger partial charge on any atom is 0.242 e. The van der Waals surface area contributed by atoms with Gasteiger partial charge in [0.1, 0.15) is 11.8 Å². The maximum absolute atomic E-state index is 13.4. The molecule has 0 radical (unpaired) electrons. The summed E-state index contributed by atoms with van der Waals surface area (Å²) in [6.07, 6.45) is 6.39. The first-order valence-electron chi connectivity index (χ1n) is 12.1. The van der Waals surface area contributed by atoms with Crippen LogP contribution in [0.2, 0.25) is 0 Å². The van der Waals surface area contributed by atoms with Gasteiger partial charge in [-0.3, -0.25) is 9.59 Å². The molecular formula is C27H34N2O5. The molecule has 34 heavy (non-hydrogen) atoms. The first-order chi connectivity index (χ1) is 16.5. The Morgan fingerprint density at radius 1 is 1.03 bits per heavy atom. The molecule has 1 aliphatic heterocycles. The zero-order chi connectivity index (χ0) is 23.9. The second kappa shape index (κ2) is 11.3. The quantitative estimate of drug-likeness (QED) is 0.599. The highest BCUT2D eigenvalue weighted by molar-refractivity contribution is 5.87. The molecule has 182 valence electrons. The summed E-state index contributed by atoms with van der Waals surface area (Å²) in [6.45, 7) is 2.41. The van der Waals surface area contributed by atoms with Crippen LogP contribution in [0.25, 0.3) is 0 Å². The number of carbonyl (C=O) groups is 2. The average Bonchev–Trinajstić information content (AvgIpc) is 3.34. The van der Waals surface area contributed by atoms with Crippen LogP contribution in [0.4, 0.5) is 0 Å². The molecule has 4 rings (SSSR count). The van der Waals surface area contributed by atoms with Crippen molar-refractivity contribution in [2.24, 2.45) is 0 Å². The number of ether oxygens (including phenoxy) is 3. The molecule has 1 fully saturated rings. The van der Waals surface area contributed by atoms with Gasteiger partial charge in [0.2, 0.25) is 18.6 Å². The smallest absolute Gasteiger partial charge is 0.242 e. The van der Waals surface area contributed by atoms with Crippen LogP contribution < -0.4 is 19.5 Å². The Bertz CT molecular complexity index is 985. The van der Waals surface area contributed by atoms with Gasteiger partial charge in [-0.2, -0.15) is 0 Å². The van der Waals surface area contributed by atoms with E-state index in [0.717, 1.165) is 48.3 Å². The van der Waals surface area contributed by atoms with E-state index in [1.54, 1.807) is 12.0 Å². The lowest BCUT2D eigenvalue weighted by atomic mass is 9.95. The highest BCUT2D eigenvalue weighted by atomic mass is 16.7. The lowest BCUT2D eigenvalue weighted by molar-refractivity contribution is -0.141. The van der Waals surface area contributed by atoms with E-state index in [1.165, 1.54) is 6.42 Å². The van der Waals surface area contributed by atoms with Crippen LogP contribution in [0.1, 0.15) is 56.6 Å². The van der Waals surface area contributed by atoms with Gasteiger partial charge in [0.05, 0.1) is 7.11 Å². The first-order valence-corrected chi connectivity index (χ1v) is 12.1. The largest absolute Gasteiger partial charge is 0.497 e. The number of fused-ring (bicyclic) bond motifs is 1. The van der Waals surface area contributed by atoms with E-state index in [2.05, 4.69) is 5.32 Å². The zero-order valence-corrected chi connectivity index (χ0v) is 20.0. The van der Waals surface area contributed by atoms with Crippen LogP contribution in [-0.4, -0.2) is 42.7 Å². The van der Waals surface area contributed by atoms with Gasteiger partial charge in [0.15, 0.2) is 11.5 Å². The number of benzene rings is 2. The SMILES string of the molecule is COc1ccc(CN(C(=O)CCc2ccc3c(c2)OCO3)[C@@H](C)C(=O)NC2CCCCC2)cc1. The Kier molecular flexibility index (Phi) is 7.93. The van der Waals surface area contributed by atoms with Gasteiger partial charge in [-0.15, -0.1) is 0 Å². The number of hydrogen-bond donors (Lipinski definition) is 1. The van der Waals surface area contributed by atoms with Crippen molar-refractivity contribution in [2.75, 3.05) is 13.9 Å². The van der Waals surface area contributed by atoms with E-state index >= 15 is 0 Å².